The van der Waals surface area contributed by atoms with Crippen molar-refractivity contribution in [3.05, 3.63) is 63.4 Å². The van der Waals surface area contributed by atoms with E-state index in [9.17, 15) is 9.59 Å². The minimum Gasteiger partial charge on any atom is -0.342 e. The average Bonchev–Trinajstić information content (AvgIpc) is 3.20. The highest BCUT2D eigenvalue weighted by atomic mass is 35.5. The third-order valence-corrected chi connectivity index (χ3v) is 6.00. The number of hydrogen-bond donors (Lipinski definition) is 0. The lowest BCUT2D eigenvalue weighted by Crippen LogP contribution is -2.29. The molecule has 0 atom stereocenters. The zero-order chi connectivity index (χ0) is 19.7. The van der Waals surface area contributed by atoms with Crippen LogP contribution in [0, 0.1) is 6.92 Å². The molecular formula is C21H20ClN3O2S. The summed E-state index contributed by atoms with van der Waals surface area (Å²) in [7, 11) is 0. The van der Waals surface area contributed by atoms with Crippen LogP contribution >= 0.6 is 23.4 Å². The largest absolute Gasteiger partial charge is 0.342 e. The second kappa shape index (κ2) is 7.97. The zero-order valence-corrected chi connectivity index (χ0v) is 17.1. The van der Waals surface area contributed by atoms with Gasteiger partial charge in [-0.05, 0) is 55.7 Å². The Morgan fingerprint density at radius 2 is 1.96 bits per heavy atom. The predicted molar refractivity (Wildman–Crippen MR) is 114 cm³/mol. The average molecular weight is 414 g/mol. The SMILES string of the molecule is Cc1cccc(-n2c(SCC(=O)N3CCCC3)nc3cc(Cl)ccc3c2=O)c1. The smallest absolute Gasteiger partial charge is 0.266 e. The Bertz CT molecular complexity index is 1110. The molecule has 0 aliphatic carbocycles. The number of aryl methyl sites for hydroxylation is 1. The Balaban J connectivity index is 1.79. The third kappa shape index (κ3) is 3.80. The molecule has 1 amide bonds. The molecular weight excluding hydrogens is 394 g/mol. The molecule has 2 heterocycles. The molecule has 144 valence electrons. The van der Waals surface area contributed by atoms with E-state index in [1.54, 1.807) is 22.8 Å². The summed E-state index contributed by atoms with van der Waals surface area (Å²) in [4.78, 5) is 32.3. The molecule has 7 heteroatoms. The van der Waals surface area contributed by atoms with Crippen molar-refractivity contribution >= 4 is 40.2 Å². The van der Waals surface area contributed by atoms with Crippen molar-refractivity contribution in [2.45, 2.75) is 24.9 Å². The van der Waals surface area contributed by atoms with Gasteiger partial charge in [0.1, 0.15) is 0 Å². The van der Waals surface area contributed by atoms with Crippen LogP contribution < -0.4 is 5.56 Å². The fourth-order valence-corrected chi connectivity index (χ4v) is 4.50. The van der Waals surface area contributed by atoms with Crippen LogP contribution in [0.25, 0.3) is 16.6 Å². The molecule has 0 saturated carbocycles. The number of hydrogen-bond acceptors (Lipinski definition) is 4. The third-order valence-electron chi connectivity index (χ3n) is 4.84. The first-order valence-corrected chi connectivity index (χ1v) is 10.6. The fourth-order valence-electron chi connectivity index (χ4n) is 3.41. The van der Waals surface area contributed by atoms with Crippen molar-refractivity contribution in [2.24, 2.45) is 0 Å². The number of likely N-dealkylation sites (tertiary alicyclic amines) is 1. The van der Waals surface area contributed by atoms with Gasteiger partial charge in [-0.15, -0.1) is 0 Å². The summed E-state index contributed by atoms with van der Waals surface area (Å²) < 4.78 is 1.59. The van der Waals surface area contributed by atoms with Gasteiger partial charge in [0.05, 0.1) is 22.3 Å². The topological polar surface area (TPSA) is 55.2 Å². The molecule has 1 aromatic heterocycles. The summed E-state index contributed by atoms with van der Waals surface area (Å²) in [6.45, 7) is 3.60. The van der Waals surface area contributed by atoms with Crippen molar-refractivity contribution in [3.63, 3.8) is 0 Å². The van der Waals surface area contributed by atoms with Crippen LogP contribution in [0.5, 0.6) is 0 Å². The summed E-state index contributed by atoms with van der Waals surface area (Å²) in [6, 6.07) is 12.8. The van der Waals surface area contributed by atoms with E-state index in [1.165, 1.54) is 11.8 Å². The van der Waals surface area contributed by atoms with Crippen LogP contribution in [-0.4, -0.2) is 39.2 Å². The molecule has 1 saturated heterocycles. The number of halogens is 1. The number of benzene rings is 2. The number of nitrogens with zero attached hydrogens (tertiary/aromatic N) is 3. The van der Waals surface area contributed by atoms with Gasteiger partial charge in [-0.2, -0.15) is 0 Å². The lowest BCUT2D eigenvalue weighted by Gasteiger charge is -2.16. The highest BCUT2D eigenvalue weighted by Crippen LogP contribution is 2.24. The van der Waals surface area contributed by atoms with E-state index < -0.39 is 0 Å². The van der Waals surface area contributed by atoms with Gasteiger partial charge in [0.15, 0.2) is 5.16 Å². The van der Waals surface area contributed by atoms with E-state index in [2.05, 4.69) is 4.98 Å². The summed E-state index contributed by atoms with van der Waals surface area (Å²) >= 11 is 7.39. The number of rotatable bonds is 4. The van der Waals surface area contributed by atoms with Crippen molar-refractivity contribution in [1.82, 2.24) is 14.5 Å². The van der Waals surface area contributed by atoms with Crippen molar-refractivity contribution in [2.75, 3.05) is 18.8 Å². The first kappa shape index (κ1) is 19.0. The molecule has 2 aromatic carbocycles. The first-order chi connectivity index (χ1) is 13.5. The normalized spacial score (nSPS) is 14.0. The number of carbonyl (C=O) groups excluding carboxylic acids is 1. The summed E-state index contributed by atoms with van der Waals surface area (Å²) in [5.74, 6) is 0.336. The Kier molecular flexibility index (Phi) is 5.42. The lowest BCUT2D eigenvalue weighted by molar-refractivity contribution is -0.127. The number of thioether (sulfide) groups is 1. The molecule has 4 rings (SSSR count). The van der Waals surface area contributed by atoms with E-state index in [1.807, 2.05) is 36.1 Å². The number of fused-ring (bicyclic) bond motifs is 1. The monoisotopic (exact) mass is 413 g/mol. The Hall–Kier alpha value is -2.31. The number of amides is 1. The van der Waals surface area contributed by atoms with Gasteiger partial charge in [0.2, 0.25) is 5.91 Å². The van der Waals surface area contributed by atoms with Crippen LogP contribution in [0.3, 0.4) is 0 Å². The zero-order valence-electron chi connectivity index (χ0n) is 15.5. The molecule has 0 spiro atoms. The number of aromatic nitrogens is 2. The first-order valence-electron chi connectivity index (χ1n) is 9.23. The molecule has 0 unspecified atom stereocenters. The molecule has 0 radical (unpaired) electrons. The summed E-state index contributed by atoms with van der Waals surface area (Å²) in [5, 5.41) is 1.52. The Morgan fingerprint density at radius 1 is 1.18 bits per heavy atom. The maximum atomic E-state index is 13.2. The van der Waals surface area contributed by atoms with E-state index in [-0.39, 0.29) is 17.2 Å². The van der Waals surface area contributed by atoms with Crippen LogP contribution in [0.2, 0.25) is 5.02 Å². The van der Waals surface area contributed by atoms with E-state index in [0.717, 1.165) is 37.2 Å². The standard InChI is InChI=1S/C21H20ClN3O2S/c1-14-5-4-6-16(11-14)25-20(27)17-8-7-15(22)12-18(17)23-21(25)28-13-19(26)24-9-2-3-10-24/h4-8,11-12H,2-3,9-10,13H2,1H3. The summed E-state index contributed by atoms with van der Waals surface area (Å²) in [5.41, 5.74) is 2.16. The molecule has 28 heavy (non-hydrogen) atoms. The second-order valence-electron chi connectivity index (χ2n) is 6.91. The van der Waals surface area contributed by atoms with Gasteiger partial charge in [-0.25, -0.2) is 4.98 Å². The minimum atomic E-state index is -0.164. The fraction of sp³-hybridized carbons (Fsp3) is 0.286. The van der Waals surface area contributed by atoms with Crippen LogP contribution in [-0.2, 0) is 4.79 Å². The molecule has 1 fully saturated rings. The Labute approximate surface area is 172 Å². The van der Waals surface area contributed by atoms with Crippen molar-refractivity contribution in [3.8, 4) is 5.69 Å². The maximum Gasteiger partial charge on any atom is 0.266 e. The predicted octanol–water partition coefficient (Wildman–Crippen LogP) is 4.06. The van der Waals surface area contributed by atoms with Crippen LogP contribution in [0.4, 0.5) is 0 Å². The maximum absolute atomic E-state index is 13.2. The molecule has 0 N–H and O–H groups in total. The highest BCUT2D eigenvalue weighted by Gasteiger charge is 2.20. The summed E-state index contributed by atoms with van der Waals surface area (Å²) in [6.07, 6.45) is 2.11. The quantitative estimate of drug-likeness (QED) is 0.478. The lowest BCUT2D eigenvalue weighted by atomic mass is 10.2. The van der Waals surface area contributed by atoms with Crippen molar-refractivity contribution < 1.29 is 4.79 Å². The minimum absolute atomic E-state index is 0.0822. The molecule has 0 bridgehead atoms. The van der Waals surface area contributed by atoms with Gasteiger partial charge >= 0.3 is 0 Å². The van der Waals surface area contributed by atoms with Crippen LogP contribution in [0.15, 0.2) is 52.4 Å². The molecule has 1 aliphatic rings. The van der Waals surface area contributed by atoms with Crippen LogP contribution in [0.1, 0.15) is 18.4 Å². The van der Waals surface area contributed by atoms with E-state index >= 15 is 0 Å². The molecule has 5 nitrogen and oxygen atoms in total. The molecule has 3 aromatic rings. The van der Waals surface area contributed by atoms with E-state index in [0.29, 0.717) is 21.1 Å². The molecule has 1 aliphatic heterocycles. The van der Waals surface area contributed by atoms with E-state index in [4.69, 9.17) is 11.6 Å². The highest BCUT2D eigenvalue weighted by molar-refractivity contribution is 7.99. The van der Waals surface area contributed by atoms with Gasteiger partial charge in [0.25, 0.3) is 5.56 Å². The van der Waals surface area contributed by atoms with Gasteiger partial charge in [0, 0.05) is 18.1 Å². The Morgan fingerprint density at radius 3 is 2.71 bits per heavy atom. The van der Waals surface area contributed by atoms with Crippen molar-refractivity contribution in [1.29, 1.82) is 0 Å². The van der Waals surface area contributed by atoms with Gasteiger partial charge < -0.3 is 4.90 Å². The second-order valence-corrected chi connectivity index (χ2v) is 8.29. The van der Waals surface area contributed by atoms with Gasteiger partial charge in [-0.1, -0.05) is 35.5 Å². The van der Waals surface area contributed by atoms with Gasteiger partial charge in [-0.3, -0.25) is 14.2 Å². The number of carbonyl (C=O) groups is 1.